The molecule has 0 nitrogen and oxygen atoms in total. The van der Waals surface area contributed by atoms with E-state index in [2.05, 4.69) is 35.9 Å². The average molecular weight is 191 g/mol. The van der Waals surface area contributed by atoms with Gasteiger partial charge in [-0.25, -0.2) is 0 Å². The largest absolute Gasteiger partial charge is 0.0744 e. The van der Waals surface area contributed by atoms with Crippen LogP contribution in [0.4, 0.5) is 0 Å². The third-order valence-electron chi connectivity index (χ3n) is 1.14. The van der Waals surface area contributed by atoms with E-state index in [0.717, 1.165) is 0 Å². The van der Waals surface area contributed by atoms with Gasteiger partial charge in [-0.3, -0.25) is 0 Å². The molecule has 0 atom stereocenters. The van der Waals surface area contributed by atoms with Gasteiger partial charge in [0.1, 0.15) is 0 Å². The molecule has 0 aromatic rings. The van der Waals surface area contributed by atoms with Gasteiger partial charge in [0, 0.05) is 0 Å². The molecule has 0 aliphatic rings. The SMILES string of the molecule is CCC/C=C(\Br)CCC. The number of halogens is 1. The van der Waals surface area contributed by atoms with Crippen LogP contribution >= 0.6 is 15.9 Å². The lowest BCUT2D eigenvalue weighted by Crippen LogP contribution is -1.70. The summed E-state index contributed by atoms with van der Waals surface area (Å²) in [4.78, 5) is 0. The average Bonchev–Trinajstić information content (AvgIpc) is 1.85. The normalized spacial score (nSPS) is 12.1. The summed E-state index contributed by atoms with van der Waals surface area (Å²) in [5.41, 5.74) is 0. The van der Waals surface area contributed by atoms with Crippen LogP contribution in [-0.4, -0.2) is 0 Å². The Morgan fingerprint density at radius 3 is 2.44 bits per heavy atom. The van der Waals surface area contributed by atoms with E-state index < -0.39 is 0 Å². The van der Waals surface area contributed by atoms with Gasteiger partial charge in [0.2, 0.25) is 0 Å². The fourth-order valence-corrected chi connectivity index (χ4v) is 1.27. The molecule has 0 radical (unpaired) electrons. The van der Waals surface area contributed by atoms with Gasteiger partial charge >= 0.3 is 0 Å². The van der Waals surface area contributed by atoms with Crippen molar-refractivity contribution in [2.24, 2.45) is 0 Å². The molecule has 0 aliphatic carbocycles. The van der Waals surface area contributed by atoms with Crippen molar-refractivity contribution in [3.8, 4) is 0 Å². The summed E-state index contributed by atoms with van der Waals surface area (Å²) >= 11 is 3.50. The van der Waals surface area contributed by atoms with Crippen LogP contribution in [0.2, 0.25) is 0 Å². The van der Waals surface area contributed by atoms with Gasteiger partial charge in [0.15, 0.2) is 0 Å². The monoisotopic (exact) mass is 190 g/mol. The number of hydrogen-bond acceptors (Lipinski definition) is 0. The molecule has 0 N–H and O–H groups in total. The molecule has 0 unspecified atom stereocenters. The van der Waals surface area contributed by atoms with Gasteiger partial charge in [0.25, 0.3) is 0 Å². The molecule has 0 fully saturated rings. The van der Waals surface area contributed by atoms with Crippen molar-refractivity contribution in [1.82, 2.24) is 0 Å². The Morgan fingerprint density at radius 1 is 1.33 bits per heavy atom. The molecule has 0 aliphatic heterocycles. The summed E-state index contributed by atoms with van der Waals surface area (Å²) in [6.07, 6.45) is 7.16. The van der Waals surface area contributed by atoms with Crippen molar-refractivity contribution in [3.63, 3.8) is 0 Å². The summed E-state index contributed by atoms with van der Waals surface area (Å²) in [5.74, 6) is 0. The first-order chi connectivity index (χ1) is 4.31. The van der Waals surface area contributed by atoms with E-state index in [-0.39, 0.29) is 0 Å². The Kier molecular flexibility index (Phi) is 6.50. The van der Waals surface area contributed by atoms with E-state index in [4.69, 9.17) is 0 Å². The Bertz CT molecular complexity index is 84.6. The molecule has 0 saturated heterocycles. The molecular formula is C8H15Br. The van der Waals surface area contributed by atoms with Crippen molar-refractivity contribution >= 4 is 15.9 Å². The molecule has 54 valence electrons. The highest BCUT2D eigenvalue weighted by molar-refractivity contribution is 9.11. The molecular weight excluding hydrogens is 176 g/mol. The van der Waals surface area contributed by atoms with Crippen LogP contribution in [0.5, 0.6) is 0 Å². The van der Waals surface area contributed by atoms with Gasteiger partial charge in [-0.15, -0.1) is 0 Å². The van der Waals surface area contributed by atoms with Crippen molar-refractivity contribution in [3.05, 3.63) is 10.6 Å². The summed E-state index contributed by atoms with van der Waals surface area (Å²) in [7, 11) is 0. The third kappa shape index (κ3) is 6.10. The molecule has 0 spiro atoms. The molecule has 1 heteroatoms. The van der Waals surface area contributed by atoms with Crippen LogP contribution in [0.1, 0.15) is 39.5 Å². The topological polar surface area (TPSA) is 0 Å². The van der Waals surface area contributed by atoms with Crippen molar-refractivity contribution in [2.45, 2.75) is 39.5 Å². The van der Waals surface area contributed by atoms with Gasteiger partial charge in [-0.05, 0) is 17.3 Å². The number of rotatable bonds is 4. The Labute approximate surface area is 66.5 Å². The zero-order valence-electron chi connectivity index (χ0n) is 6.28. The molecule has 9 heavy (non-hydrogen) atoms. The fraction of sp³-hybridized carbons (Fsp3) is 0.750. The lowest BCUT2D eigenvalue weighted by Gasteiger charge is -1.92. The summed E-state index contributed by atoms with van der Waals surface area (Å²) < 4.78 is 1.37. The predicted molar refractivity (Wildman–Crippen MR) is 46.8 cm³/mol. The Morgan fingerprint density at radius 2 is 2.00 bits per heavy atom. The maximum Gasteiger partial charge on any atom is -0.00893 e. The van der Waals surface area contributed by atoms with Crippen molar-refractivity contribution < 1.29 is 0 Å². The zero-order chi connectivity index (χ0) is 7.11. The minimum absolute atomic E-state index is 1.19. The van der Waals surface area contributed by atoms with E-state index >= 15 is 0 Å². The second-order valence-electron chi connectivity index (χ2n) is 2.19. The number of allylic oxidation sites excluding steroid dienone is 2. The molecule has 0 bridgehead atoms. The summed E-state index contributed by atoms with van der Waals surface area (Å²) in [6.45, 7) is 4.39. The Balaban J connectivity index is 3.30. The molecule has 0 amide bonds. The molecule has 0 heterocycles. The second-order valence-corrected chi connectivity index (χ2v) is 3.21. The van der Waals surface area contributed by atoms with Gasteiger partial charge < -0.3 is 0 Å². The lowest BCUT2D eigenvalue weighted by atomic mass is 10.2. The molecule has 0 aromatic heterocycles. The first-order valence-corrected chi connectivity index (χ1v) is 4.45. The van der Waals surface area contributed by atoms with E-state index in [0.29, 0.717) is 0 Å². The first kappa shape index (κ1) is 9.22. The highest BCUT2D eigenvalue weighted by atomic mass is 79.9. The van der Waals surface area contributed by atoms with Gasteiger partial charge in [-0.1, -0.05) is 48.7 Å². The van der Waals surface area contributed by atoms with Gasteiger partial charge in [-0.2, -0.15) is 0 Å². The molecule has 0 aromatic carbocycles. The molecule has 0 rings (SSSR count). The summed E-state index contributed by atoms with van der Waals surface area (Å²) in [6, 6.07) is 0. The fourth-order valence-electron chi connectivity index (χ4n) is 0.642. The smallest absolute Gasteiger partial charge is 0.00893 e. The minimum Gasteiger partial charge on any atom is -0.0744 e. The minimum atomic E-state index is 1.19. The maximum absolute atomic E-state index is 3.50. The van der Waals surface area contributed by atoms with E-state index in [9.17, 15) is 0 Å². The van der Waals surface area contributed by atoms with Crippen LogP contribution < -0.4 is 0 Å². The van der Waals surface area contributed by atoms with Crippen molar-refractivity contribution in [2.75, 3.05) is 0 Å². The van der Waals surface area contributed by atoms with E-state index in [1.54, 1.807) is 0 Å². The predicted octanol–water partition coefficient (Wildman–Crippen LogP) is 3.87. The van der Waals surface area contributed by atoms with Crippen LogP contribution in [0.25, 0.3) is 0 Å². The first-order valence-electron chi connectivity index (χ1n) is 3.65. The molecule has 0 saturated carbocycles. The second kappa shape index (κ2) is 6.34. The van der Waals surface area contributed by atoms with Crippen LogP contribution in [0, 0.1) is 0 Å². The van der Waals surface area contributed by atoms with E-state index in [1.807, 2.05) is 0 Å². The standard InChI is InChI=1S/C8H15Br/c1-3-5-7-8(9)6-4-2/h7H,3-6H2,1-2H3/b8-7-. The van der Waals surface area contributed by atoms with Gasteiger partial charge in [0.05, 0.1) is 0 Å². The number of hydrogen-bond donors (Lipinski definition) is 0. The quantitative estimate of drug-likeness (QED) is 0.632. The maximum atomic E-state index is 3.50. The number of unbranched alkanes of at least 4 members (excludes halogenated alkanes) is 1. The van der Waals surface area contributed by atoms with Crippen LogP contribution in [0.15, 0.2) is 10.6 Å². The summed E-state index contributed by atoms with van der Waals surface area (Å²) in [5, 5.41) is 0. The highest BCUT2D eigenvalue weighted by Gasteiger charge is 1.86. The Hall–Kier alpha value is 0.220. The lowest BCUT2D eigenvalue weighted by molar-refractivity contribution is 0.915. The van der Waals surface area contributed by atoms with E-state index in [1.165, 1.54) is 30.2 Å². The highest BCUT2D eigenvalue weighted by Crippen LogP contribution is 2.13. The van der Waals surface area contributed by atoms with Crippen LogP contribution in [0.3, 0.4) is 0 Å². The zero-order valence-corrected chi connectivity index (χ0v) is 7.87. The third-order valence-corrected chi connectivity index (χ3v) is 1.86. The van der Waals surface area contributed by atoms with Crippen molar-refractivity contribution in [1.29, 1.82) is 0 Å². The van der Waals surface area contributed by atoms with Crippen LogP contribution in [-0.2, 0) is 0 Å².